The number of benzene rings is 2. The fourth-order valence-corrected chi connectivity index (χ4v) is 2.97. The van der Waals surface area contributed by atoms with Crippen molar-refractivity contribution >= 4 is 11.6 Å². The second kappa shape index (κ2) is 6.37. The van der Waals surface area contributed by atoms with Crippen molar-refractivity contribution in [2.75, 3.05) is 6.54 Å². The average Bonchev–Trinajstić information content (AvgIpc) is 2.53. The molecule has 1 fully saturated rings. The Morgan fingerprint density at radius 3 is 2.67 bits per heavy atom. The molecule has 0 aliphatic carbocycles. The van der Waals surface area contributed by atoms with Gasteiger partial charge in [0.25, 0.3) is 5.69 Å². The molecule has 0 saturated carbocycles. The van der Waals surface area contributed by atoms with Crippen LogP contribution in [0.15, 0.2) is 42.5 Å². The molecule has 124 valence electrons. The highest BCUT2D eigenvalue weighted by atomic mass is 19.1. The maximum Gasteiger partial charge on any atom is 0.274 e. The largest absolute Gasteiger partial charge is 0.366 e. The van der Waals surface area contributed by atoms with Crippen LogP contribution in [0.3, 0.4) is 0 Å². The molecule has 24 heavy (non-hydrogen) atoms. The van der Waals surface area contributed by atoms with E-state index in [1.54, 1.807) is 18.2 Å². The SMILES string of the molecule is NC(=O)c1ccc(CN2CCC2c2ccccc2F)c([N+](=O)[O-])c1. The molecule has 6 nitrogen and oxygen atoms in total. The molecule has 0 spiro atoms. The minimum atomic E-state index is -0.710. The summed E-state index contributed by atoms with van der Waals surface area (Å²) in [7, 11) is 0. The van der Waals surface area contributed by atoms with Gasteiger partial charge in [0.15, 0.2) is 0 Å². The lowest BCUT2D eigenvalue weighted by molar-refractivity contribution is -0.385. The molecule has 2 N–H and O–H groups in total. The number of nitro benzene ring substituents is 1. The first-order chi connectivity index (χ1) is 11.5. The molecule has 0 aromatic heterocycles. The number of likely N-dealkylation sites (tertiary alicyclic amines) is 1. The van der Waals surface area contributed by atoms with E-state index in [-0.39, 0.29) is 23.1 Å². The Balaban J connectivity index is 1.85. The minimum Gasteiger partial charge on any atom is -0.366 e. The molecule has 3 rings (SSSR count). The molecule has 1 amide bonds. The third kappa shape index (κ3) is 2.98. The number of amides is 1. The number of primary amides is 1. The maximum absolute atomic E-state index is 13.9. The lowest BCUT2D eigenvalue weighted by Gasteiger charge is -2.41. The summed E-state index contributed by atoms with van der Waals surface area (Å²) in [5.41, 5.74) is 6.20. The van der Waals surface area contributed by atoms with Gasteiger partial charge in [-0.1, -0.05) is 24.3 Å². The summed E-state index contributed by atoms with van der Waals surface area (Å²) in [6, 6.07) is 10.7. The van der Waals surface area contributed by atoms with Crippen LogP contribution in [0.1, 0.15) is 33.9 Å². The smallest absolute Gasteiger partial charge is 0.274 e. The number of halogens is 1. The normalized spacial score (nSPS) is 17.3. The molecule has 1 heterocycles. The van der Waals surface area contributed by atoms with E-state index in [1.807, 2.05) is 4.90 Å². The summed E-state index contributed by atoms with van der Waals surface area (Å²) in [6.07, 6.45) is 0.800. The van der Waals surface area contributed by atoms with E-state index in [0.717, 1.165) is 13.0 Å². The van der Waals surface area contributed by atoms with E-state index in [0.29, 0.717) is 17.7 Å². The van der Waals surface area contributed by atoms with Crippen LogP contribution in [0.2, 0.25) is 0 Å². The zero-order chi connectivity index (χ0) is 17.3. The van der Waals surface area contributed by atoms with Gasteiger partial charge in [-0.25, -0.2) is 4.39 Å². The minimum absolute atomic E-state index is 0.0957. The van der Waals surface area contributed by atoms with Gasteiger partial charge in [-0.05, 0) is 18.6 Å². The van der Waals surface area contributed by atoms with E-state index in [2.05, 4.69) is 0 Å². The van der Waals surface area contributed by atoms with Gasteiger partial charge in [-0.3, -0.25) is 19.8 Å². The highest BCUT2D eigenvalue weighted by Gasteiger charge is 2.32. The van der Waals surface area contributed by atoms with Crippen LogP contribution in [0.5, 0.6) is 0 Å². The molecule has 0 radical (unpaired) electrons. The van der Waals surface area contributed by atoms with Crippen LogP contribution in [0.4, 0.5) is 10.1 Å². The van der Waals surface area contributed by atoms with Crippen molar-refractivity contribution < 1.29 is 14.1 Å². The Kier molecular flexibility index (Phi) is 4.26. The van der Waals surface area contributed by atoms with Crippen molar-refractivity contribution in [1.82, 2.24) is 4.90 Å². The number of hydrogen-bond donors (Lipinski definition) is 1. The van der Waals surface area contributed by atoms with Gasteiger partial charge >= 0.3 is 0 Å². The molecule has 2 aromatic carbocycles. The monoisotopic (exact) mass is 329 g/mol. The zero-order valence-corrected chi connectivity index (χ0v) is 12.8. The first kappa shape index (κ1) is 16.1. The molecule has 7 heteroatoms. The lowest BCUT2D eigenvalue weighted by atomic mass is 9.93. The maximum atomic E-state index is 13.9. The summed E-state index contributed by atoms with van der Waals surface area (Å²) in [6.45, 7) is 1.04. The number of hydrogen-bond acceptors (Lipinski definition) is 4. The first-order valence-corrected chi connectivity index (χ1v) is 7.53. The van der Waals surface area contributed by atoms with Crippen molar-refractivity contribution in [3.05, 3.63) is 75.1 Å². The number of nitrogens with two attached hydrogens (primary N) is 1. The highest BCUT2D eigenvalue weighted by molar-refractivity contribution is 5.93. The molecule has 2 aromatic rings. The molecule has 1 atom stereocenters. The van der Waals surface area contributed by atoms with Crippen LogP contribution in [-0.2, 0) is 6.54 Å². The summed E-state index contributed by atoms with van der Waals surface area (Å²) in [4.78, 5) is 23.9. The second-order valence-corrected chi connectivity index (χ2v) is 5.76. The van der Waals surface area contributed by atoms with Crippen molar-refractivity contribution in [3.8, 4) is 0 Å². The molecule has 1 unspecified atom stereocenters. The van der Waals surface area contributed by atoms with Gasteiger partial charge < -0.3 is 5.73 Å². The molecule has 0 bridgehead atoms. The number of nitrogens with zero attached hydrogens (tertiary/aromatic N) is 2. The van der Waals surface area contributed by atoms with Crippen LogP contribution in [0, 0.1) is 15.9 Å². The number of carbonyl (C=O) groups is 1. The Bertz CT molecular complexity index is 809. The predicted octanol–water partition coefficient (Wildman–Crippen LogP) is 2.78. The lowest BCUT2D eigenvalue weighted by Crippen LogP contribution is -2.40. The summed E-state index contributed by atoms with van der Waals surface area (Å²) in [5, 5.41) is 11.3. The van der Waals surface area contributed by atoms with Gasteiger partial charge in [0.2, 0.25) is 5.91 Å². The summed E-state index contributed by atoms with van der Waals surface area (Å²) >= 11 is 0. The Morgan fingerprint density at radius 1 is 1.33 bits per heavy atom. The van der Waals surface area contributed by atoms with E-state index in [4.69, 9.17) is 5.73 Å². The standard InChI is InChI=1S/C17H16FN3O3/c18-14-4-2-1-3-13(14)15-7-8-20(15)10-12-6-5-11(17(19)22)9-16(12)21(23)24/h1-6,9,15H,7-8,10H2,(H2,19,22). The number of nitro groups is 1. The Hall–Kier alpha value is -2.80. The average molecular weight is 329 g/mol. The van der Waals surface area contributed by atoms with Crippen molar-refractivity contribution in [2.45, 2.75) is 19.0 Å². The van der Waals surface area contributed by atoms with E-state index < -0.39 is 10.8 Å². The van der Waals surface area contributed by atoms with Crippen molar-refractivity contribution in [3.63, 3.8) is 0 Å². The summed E-state index contributed by atoms with van der Waals surface area (Å²) in [5.74, 6) is -0.983. The second-order valence-electron chi connectivity index (χ2n) is 5.76. The van der Waals surface area contributed by atoms with Crippen LogP contribution in [0.25, 0.3) is 0 Å². The summed E-state index contributed by atoms with van der Waals surface area (Å²) < 4.78 is 13.9. The van der Waals surface area contributed by atoms with Crippen LogP contribution < -0.4 is 5.73 Å². The Labute approximate surface area is 137 Å². The highest BCUT2D eigenvalue weighted by Crippen LogP contribution is 2.37. The van der Waals surface area contributed by atoms with Crippen molar-refractivity contribution in [2.24, 2.45) is 5.73 Å². The number of carbonyl (C=O) groups excluding carboxylic acids is 1. The van der Waals surface area contributed by atoms with Crippen molar-refractivity contribution in [1.29, 1.82) is 0 Å². The van der Waals surface area contributed by atoms with E-state index in [9.17, 15) is 19.3 Å². The van der Waals surface area contributed by atoms with Gasteiger partial charge in [0, 0.05) is 41.9 Å². The van der Waals surface area contributed by atoms with Crippen LogP contribution >= 0.6 is 0 Å². The topological polar surface area (TPSA) is 89.5 Å². The fraction of sp³-hybridized carbons (Fsp3) is 0.235. The Morgan fingerprint density at radius 2 is 2.08 bits per heavy atom. The van der Waals surface area contributed by atoms with Gasteiger partial charge in [0.05, 0.1) is 4.92 Å². The zero-order valence-electron chi connectivity index (χ0n) is 12.8. The predicted molar refractivity (Wildman–Crippen MR) is 85.8 cm³/mol. The van der Waals surface area contributed by atoms with Gasteiger partial charge in [0.1, 0.15) is 5.82 Å². The van der Waals surface area contributed by atoms with Gasteiger partial charge in [-0.2, -0.15) is 0 Å². The fourth-order valence-electron chi connectivity index (χ4n) is 2.97. The molecular weight excluding hydrogens is 313 g/mol. The molecule has 1 saturated heterocycles. The van der Waals surface area contributed by atoms with E-state index >= 15 is 0 Å². The molecule has 1 aliphatic rings. The third-order valence-electron chi connectivity index (χ3n) is 4.33. The third-order valence-corrected chi connectivity index (χ3v) is 4.33. The quantitative estimate of drug-likeness (QED) is 0.674. The first-order valence-electron chi connectivity index (χ1n) is 7.53. The van der Waals surface area contributed by atoms with E-state index in [1.165, 1.54) is 24.3 Å². The molecular formula is C17H16FN3O3. The molecule has 1 aliphatic heterocycles. The number of rotatable bonds is 5. The van der Waals surface area contributed by atoms with Crippen LogP contribution in [-0.4, -0.2) is 22.3 Å². The van der Waals surface area contributed by atoms with Gasteiger partial charge in [-0.15, -0.1) is 0 Å².